The zero-order valence-corrected chi connectivity index (χ0v) is 12.6. The Morgan fingerprint density at radius 3 is 2.27 bits per heavy atom. The molecule has 0 aliphatic carbocycles. The first-order chi connectivity index (χ1) is 10.3. The second kappa shape index (κ2) is 11.0. The molecule has 0 saturated heterocycles. The predicted molar refractivity (Wildman–Crippen MR) is 76.1 cm³/mol. The van der Waals surface area contributed by atoms with Gasteiger partial charge < -0.3 is 5.21 Å². The van der Waals surface area contributed by atoms with E-state index in [1.807, 2.05) is 0 Å². The molecule has 0 radical (unpaired) electrons. The molecule has 8 heteroatoms. The van der Waals surface area contributed by atoms with Gasteiger partial charge in [-0.1, -0.05) is 38.0 Å². The highest BCUT2D eigenvalue weighted by molar-refractivity contribution is 5.89. The molecule has 2 N–H and O–H groups in total. The highest BCUT2D eigenvalue weighted by atomic mass is 19.4. The van der Waals surface area contributed by atoms with Crippen LogP contribution in [0.5, 0.6) is 0 Å². The number of alkyl halides is 3. The average molecular weight is 322 g/mol. The first-order valence-electron chi connectivity index (χ1n) is 6.80. The van der Waals surface area contributed by atoms with Crippen LogP contribution in [-0.4, -0.2) is 24.0 Å². The molecule has 1 rings (SSSR count). The van der Waals surface area contributed by atoms with Gasteiger partial charge >= 0.3 is 6.36 Å². The van der Waals surface area contributed by atoms with Gasteiger partial charge in [-0.15, -0.1) is 13.2 Å². The number of rotatable bonds is 6. The van der Waals surface area contributed by atoms with Gasteiger partial charge in [0.1, 0.15) is 0 Å². The number of nitrogens with one attached hydrogen (secondary N) is 1. The highest BCUT2D eigenvalue weighted by Gasteiger charge is 2.35. The first-order valence-corrected chi connectivity index (χ1v) is 6.80. The Labute approximate surface area is 127 Å². The number of hydrogen-bond acceptors (Lipinski definition) is 4. The quantitative estimate of drug-likeness (QED) is 0.620. The third-order valence-corrected chi connectivity index (χ3v) is 2.36. The van der Waals surface area contributed by atoms with Crippen molar-refractivity contribution in [1.82, 2.24) is 5.48 Å². The van der Waals surface area contributed by atoms with Crippen molar-refractivity contribution >= 4 is 11.6 Å². The van der Waals surface area contributed by atoms with E-state index in [0.29, 0.717) is 0 Å². The van der Waals surface area contributed by atoms with E-state index in [0.717, 1.165) is 19.9 Å². The Kier molecular flexibility index (Phi) is 10.2. The van der Waals surface area contributed by atoms with E-state index in [1.165, 1.54) is 37.1 Å². The molecule has 5 nitrogen and oxygen atoms in total. The lowest BCUT2D eigenvalue weighted by atomic mass is 10.3. The van der Waals surface area contributed by atoms with Crippen LogP contribution in [0.4, 0.5) is 18.9 Å². The minimum atomic E-state index is -4.89. The molecule has 1 amide bonds. The molecule has 0 aromatic heterocycles. The molecule has 0 fully saturated rings. The fraction of sp³-hybridized carbons (Fsp3) is 0.500. The zero-order valence-electron chi connectivity index (χ0n) is 12.6. The fourth-order valence-corrected chi connectivity index (χ4v) is 1.42. The predicted octanol–water partition coefficient (Wildman–Crippen LogP) is 3.65. The molecule has 0 atom stereocenters. The van der Waals surface area contributed by atoms with Crippen LogP contribution in [0.1, 0.15) is 33.1 Å². The largest absolute Gasteiger partial charge is 0.544 e. The number of hydroxylamine groups is 2. The Morgan fingerprint density at radius 2 is 1.86 bits per heavy atom. The van der Waals surface area contributed by atoms with Gasteiger partial charge in [-0.25, -0.2) is 5.48 Å². The van der Waals surface area contributed by atoms with Crippen molar-refractivity contribution in [2.75, 3.05) is 11.6 Å². The molecule has 0 spiro atoms. The number of hydrogen-bond donors (Lipinski definition) is 2. The lowest BCUT2D eigenvalue weighted by molar-refractivity contribution is -0.327. The van der Waals surface area contributed by atoms with E-state index in [1.54, 1.807) is 6.07 Å². The number of amides is 1. The van der Waals surface area contributed by atoms with Crippen LogP contribution < -0.4 is 10.5 Å². The second-order valence-corrected chi connectivity index (χ2v) is 4.30. The maximum absolute atomic E-state index is 11.9. The summed E-state index contributed by atoms with van der Waals surface area (Å²) >= 11 is 0. The summed E-state index contributed by atoms with van der Waals surface area (Å²) in [5.41, 5.74) is 2.13. The number of nitrogens with zero attached hydrogens (tertiary/aromatic N) is 1. The minimum absolute atomic E-state index is 0.0299. The van der Waals surface area contributed by atoms with Crippen LogP contribution in [0.2, 0.25) is 0 Å². The van der Waals surface area contributed by atoms with Crippen LogP contribution >= 0.6 is 0 Å². The van der Waals surface area contributed by atoms with Gasteiger partial charge in [0.15, 0.2) is 0 Å². The smallest absolute Gasteiger partial charge is 0.317 e. The van der Waals surface area contributed by atoms with Crippen LogP contribution in [0.15, 0.2) is 30.3 Å². The summed E-state index contributed by atoms with van der Waals surface area (Å²) in [4.78, 5) is 14.5. The number of halogens is 3. The van der Waals surface area contributed by atoms with E-state index >= 15 is 0 Å². The molecule has 0 saturated carbocycles. The van der Waals surface area contributed by atoms with E-state index in [9.17, 15) is 18.0 Å². The van der Waals surface area contributed by atoms with E-state index in [2.05, 4.69) is 17.2 Å². The van der Waals surface area contributed by atoms with Gasteiger partial charge in [-0.05, 0) is 18.6 Å². The van der Waals surface area contributed by atoms with E-state index in [-0.39, 0.29) is 10.8 Å². The minimum Gasteiger partial charge on any atom is -0.317 e. The Balaban J connectivity index is 0.000000534. The molecule has 0 bridgehead atoms. The van der Waals surface area contributed by atoms with Crippen molar-refractivity contribution in [2.45, 2.75) is 39.5 Å². The molecular weight excluding hydrogens is 301 g/mol. The standard InChI is InChI=1S/C9H8F3NO2.C5H13NO/c1-7(14)13(15-9(10,11)12)8-5-3-2-4-6-8;1-2-3-4-5-6-7/h2-6H,1H3;6-7H,2-5H2,1H3. The molecule has 0 aliphatic rings. The van der Waals surface area contributed by atoms with Gasteiger partial charge in [0.2, 0.25) is 5.91 Å². The summed E-state index contributed by atoms with van der Waals surface area (Å²) < 4.78 is 35.8. The number of carbonyl (C=O) groups excluding carboxylic acids is 1. The van der Waals surface area contributed by atoms with Crippen molar-refractivity contribution in [3.8, 4) is 0 Å². The molecule has 1 aromatic rings. The van der Waals surface area contributed by atoms with E-state index < -0.39 is 12.3 Å². The first kappa shape index (κ1) is 20.4. The zero-order chi connectivity index (χ0) is 17.0. The Hall–Kier alpha value is -1.64. The molecule has 0 aliphatic heterocycles. The van der Waals surface area contributed by atoms with Crippen LogP contribution in [0.25, 0.3) is 0 Å². The molecule has 1 aromatic carbocycles. The summed E-state index contributed by atoms with van der Waals surface area (Å²) in [6, 6.07) is 7.31. The van der Waals surface area contributed by atoms with Crippen molar-refractivity contribution in [3.63, 3.8) is 0 Å². The molecule has 0 heterocycles. The maximum Gasteiger partial charge on any atom is 0.544 e. The van der Waals surface area contributed by atoms with Gasteiger partial charge in [-0.3, -0.25) is 4.79 Å². The lowest BCUT2D eigenvalue weighted by Crippen LogP contribution is -2.35. The number of para-hydroxylation sites is 1. The SMILES string of the molecule is CC(=O)N(OC(F)(F)F)c1ccccc1.CCCCCNO. The fourth-order valence-electron chi connectivity index (χ4n) is 1.42. The topological polar surface area (TPSA) is 61.8 Å². The van der Waals surface area contributed by atoms with Gasteiger partial charge in [0, 0.05) is 13.5 Å². The van der Waals surface area contributed by atoms with Crippen molar-refractivity contribution < 1.29 is 28.0 Å². The normalized spacial score (nSPS) is 10.6. The summed E-state index contributed by atoms with van der Waals surface area (Å²) in [6.07, 6.45) is -1.40. The number of benzene rings is 1. The molecular formula is C14H21F3N2O3. The van der Waals surface area contributed by atoms with Gasteiger partial charge in [-0.2, -0.15) is 9.90 Å². The van der Waals surface area contributed by atoms with Crippen LogP contribution in [0.3, 0.4) is 0 Å². The summed E-state index contributed by atoms with van der Waals surface area (Å²) in [5, 5.41) is 8.24. The monoisotopic (exact) mass is 322 g/mol. The van der Waals surface area contributed by atoms with Crippen molar-refractivity contribution in [1.29, 1.82) is 0 Å². The van der Waals surface area contributed by atoms with Crippen molar-refractivity contribution in [2.24, 2.45) is 0 Å². The molecule has 22 heavy (non-hydrogen) atoms. The van der Waals surface area contributed by atoms with Crippen molar-refractivity contribution in [3.05, 3.63) is 30.3 Å². The maximum atomic E-state index is 11.9. The second-order valence-electron chi connectivity index (χ2n) is 4.30. The van der Waals surface area contributed by atoms with Gasteiger partial charge in [0.25, 0.3) is 0 Å². The summed E-state index contributed by atoms with van der Waals surface area (Å²) in [7, 11) is 0. The van der Waals surface area contributed by atoms with Gasteiger partial charge in [0.05, 0.1) is 5.69 Å². The number of carbonyl (C=O) groups is 1. The lowest BCUT2D eigenvalue weighted by Gasteiger charge is -2.20. The van der Waals surface area contributed by atoms with Crippen LogP contribution in [0, 0.1) is 0 Å². The summed E-state index contributed by atoms with van der Waals surface area (Å²) in [6.45, 7) is 3.85. The van der Waals surface area contributed by atoms with Crippen LogP contribution in [-0.2, 0) is 9.63 Å². The average Bonchev–Trinajstić information content (AvgIpc) is 2.46. The van der Waals surface area contributed by atoms with E-state index in [4.69, 9.17) is 5.21 Å². The Morgan fingerprint density at radius 1 is 1.27 bits per heavy atom. The third kappa shape index (κ3) is 10.1. The highest BCUT2D eigenvalue weighted by Crippen LogP contribution is 2.23. The number of unbranched alkanes of at least 4 members (excludes halogenated alkanes) is 2. The molecule has 126 valence electrons. The number of anilines is 1. The summed E-state index contributed by atoms with van der Waals surface area (Å²) in [5.74, 6) is -0.849. The third-order valence-electron chi connectivity index (χ3n) is 2.36. The Bertz CT molecular complexity index is 410. The molecule has 0 unspecified atom stereocenters.